The standard InChI is InChI=1S/C23H32N2O4/c1-3-4-5-6-7-10-13-25-22(26)20(18-11-8-9-12-19(18)28-2)21(23(25)27)24-14-16-29-17-15-24/h8-9,11-12H,3-7,10,13-17H2,1-2H3. The van der Waals surface area contributed by atoms with Crippen molar-refractivity contribution in [3.05, 3.63) is 35.5 Å². The first-order valence-corrected chi connectivity index (χ1v) is 10.8. The van der Waals surface area contributed by atoms with E-state index in [-0.39, 0.29) is 11.8 Å². The molecule has 158 valence electrons. The van der Waals surface area contributed by atoms with E-state index in [9.17, 15) is 9.59 Å². The van der Waals surface area contributed by atoms with Crippen LogP contribution in [0.5, 0.6) is 5.75 Å². The van der Waals surface area contributed by atoms with Gasteiger partial charge in [-0.15, -0.1) is 0 Å². The van der Waals surface area contributed by atoms with Gasteiger partial charge in [0.25, 0.3) is 11.8 Å². The molecule has 3 rings (SSSR count). The van der Waals surface area contributed by atoms with Crippen molar-refractivity contribution in [2.45, 2.75) is 45.4 Å². The predicted octanol–water partition coefficient (Wildman–Crippen LogP) is 3.47. The fourth-order valence-corrected chi connectivity index (χ4v) is 3.99. The van der Waals surface area contributed by atoms with Crippen LogP contribution in [0.25, 0.3) is 5.57 Å². The third kappa shape index (κ3) is 4.81. The van der Waals surface area contributed by atoms with Gasteiger partial charge in [-0.3, -0.25) is 14.5 Å². The maximum Gasteiger partial charge on any atom is 0.277 e. The summed E-state index contributed by atoms with van der Waals surface area (Å²) in [7, 11) is 1.59. The molecule has 0 radical (unpaired) electrons. The van der Waals surface area contributed by atoms with Crippen molar-refractivity contribution in [2.24, 2.45) is 0 Å². The number of morpholine rings is 1. The molecule has 2 aliphatic rings. The Morgan fingerprint density at radius 1 is 0.966 bits per heavy atom. The number of para-hydroxylation sites is 1. The highest BCUT2D eigenvalue weighted by Crippen LogP contribution is 2.36. The molecular formula is C23H32N2O4. The van der Waals surface area contributed by atoms with Crippen molar-refractivity contribution in [2.75, 3.05) is 40.0 Å². The number of hydrogen-bond acceptors (Lipinski definition) is 5. The third-order valence-electron chi connectivity index (χ3n) is 5.58. The lowest BCUT2D eigenvalue weighted by Gasteiger charge is -2.29. The van der Waals surface area contributed by atoms with Crippen LogP contribution < -0.4 is 4.74 Å². The van der Waals surface area contributed by atoms with Crippen LogP contribution in [-0.2, 0) is 14.3 Å². The van der Waals surface area contributed by atoms with E-state index in [0.29, 0.717) is 55.4 Å². The summed E-state index contributed by atoms with van der Waals surface area (Å²) in [5.74, 6) is 0.205. The molecule has 2 aliphatic heterocycles. The molecule has 0 aliphatic carbocycles. The van der Waals surface area contributed by atoms with Crippen LogP contribution in [0.4, 0.5) is 0 Å². The quantitative estimate of drug-likeness (QED) is 0.445. The second kappa shape index (κ2) is 10.4. The molecule has 1 aromatic rings. The van der Waals surface area contributed by atoms with Crippen LogP contribution in [-0.4, -0.2) is 61.6 Å². The van der Waals surface area contributed by atoms with Crippen molar-refractivity contribution in [3.8, 4) is 5.75 Å². The molecular weight excluding hydrogens is 368 g/mol. The highest BCUT2D eigenvalue weighted by atomic mass is 16.5. The average Bonchev–Trinajstić information content (AvgIpc) is 3.01. The number of imide groups is 1. The Bertz CT molecular complexity index is 753. The van der Waals surface area contributed by atoms with Crippen LogP contribution in [0.2, 0.25) is 0 Å². The summed E-state index contributed by atoms with van der Waals surface area (Å²) in [6, 6.07) is 7.42. The zero-order valence-electron chi connectivity index (χ0n) is 17.6. The first kappa shape index (κ1) is 21.4. The minimum atomic E-state index is -0.213. The molecule has 1 saturated heterocycles. The van der Waals surface area contributed by atoms with Gasteiger partial charge in [-0.2, -0.15) is 0 Å². The van der Waals surface area contributed by atoms with Crippen LogP contribution in [0, 0.1) is 0 Å². The summed E-state index contributed by atoms with van der Waals surface area (Å²) in [4.78, 5) is 30.0. The lowest BCUT2D eigenvalue weighted by molar-refractivity contribution is -0.137. The fraction of sp³-hybridized carbons (Fsp3) is 0.565. The van der Waals surface area contributed by atoms with Crippen molar-refractivity contribution in [1.29, 1.82) is 0 Å². The van der Waals surface area contributed by atoms with Gasteiger partial charge in [0.2, 0.25) is 0 Å². The van der Waals surface area contributed by atoms with E-state index in [0.717, 1.165) is 19.3 Å². The van der Waals surface area contributed by atoms with Crippen molar-refractivity contribution in [1.82, 2.24) is 9.80 Å². The second-order valence-corrected chi connectivity index (χ2v) is 7.55. The maximum atomic E-state index is 13.3. The maximum absolute atomic E-state index is 13.3. The van der Waals surface area contributed by atoms with Gasteiger partial charge < -0.3 is 14.4 Å². The SMILES string of the molecule is CCCCCCCCN1C(=O)C(c2ccccc2OC)=C(N2CCOCC2)C1=O. The van der Waals surface area contributed by atoms with E-state index < -0.39 is 0 Å². The van der Waals surface area contributed by atoms with Gasteiger partial charge in [-0.05, 0) is 12.5 Å². The summed E-state index contributed by atoms with van der Waals surface area (Å²) in [5.41, 5.74) is 1.63. The number of amides is 2. The Hall–Kier alpha value is -2.34. The molecule has 0 spiro atoms. The number of hydrogen-bond donors (Lipinski definition) is 0. The number of unbranched alkanes of at least 4 members (excludes halogenated alkanes) is 5. The Labute approximate surface area is 173 Å². The fourth-order valence-electron chi connectivity index (χ4n) is 3.99. The van der Waals surface area contributed by atoms with E-state index in [1.165, 1.54) is 24.2 Å². The molecule has 0 N–H and O–H groups in total. The number of ether oxygens (including phenoxy) is 2. The molecule has 0 bridgehead atoms. The lowest BCUT2D eigenvalue weighted by atomic mass is 10.0. The van der Waals surface area contributed by atoms with Crippen LogP contribution in [0.3, 0.4) is 0 Å². The first-order chi connectivity index (χ1) is 14.2. The molecule has 0 atom stereocenters. The van der Waals surface area contributed by atoms with Gasteiger partial charge in [0.1, 0.15) is 11.4 Å². The summed E-state index contributed by atoms with van der Waals surface area (Å²) < 4.78 is 10.9. The van der Waals surface area contributed by atoms with E-state index in [4.69, 9.17) is 9.47 Å². The number of carbonyl (C=O) groups is 2. The minimum Gasteiger partial charge on any atom is -0.496 e. The zero-order valence-corrected chi connectivity index (χ0v) is 17.6. The molecule has 1 aromatic carbocycles. The molecule has 2 heterocycles. The average molecular weight is 401 g/mol. The monoisotopic (exact) mass is 400 g/mol. The normalized spacial score (nSPS) is 17.4. The lowest BCUT2D eigenvalue weighted by Crippen LogP contribution is -2.40. The van der Waals surface area contributed by atoms with Gasteiger partial charge in [0.05, 0.1) is 25.9 Å². The Kier molecular flexibility index (Phi) is 7.69. The van der Waals surface area contributed by atoms with E-state index in [2.05, 4.69) is 6.92 Å². The number of nitrogens with zero attached hydrogens (tertiary/aromatic N) is 2. The van der Waals surface area contributed by atoms with E-state index in [1.807, 2.05) is 29.2 Å². The van der Waals surface area contributed by atoms with Crippen molar-refractivity contribution >= 4 is 17.4 Å². The minimum absolute atomic E-state index is 0.189. The summed E-state index contributed by atoms with van der Waals surface area (Å²) >= 11 is 0. The molecule has 1 fully saturated rings. The van der Waals surface area contributed by atoms with Gasteiger partial charge >= 0.3 is 0 Å². The predicted molar refractivity (Wildman–Crippen MR) is 112 cm³/mol. The molecule has 0 saturated carbocycles. The van der Waals surface area contributed by atoms with Gasteiger partial charge in [-0.1, -0.05) is 57.2 Å². The molecule has 6 nitrogen and oxygen atoms in total. The Morgan fingerprint density at radius 2 is 1.66 bits per heavy atom. The smallest absolute Gasteiger partial charge is 0.277 e. The van der Waals surface area contributed by atoms with Crippen LogP contribution in [0.15, 0.2) is 30.0 Å². The topological polar surface area (TPSA) is 59.1 Å². The largest absolute Gasteiger partial charge is 0.496 e. The first-order valence-electron chi connectivity index (χ1n) is 10.8. The number of benzene rings is 1. The van der Waals surface area contributed by atoms with Gasteiger partial charge in [0.15, 0.2) is 0 Å². The summed E-state index contributed by atoms with van der Waals surface area (Å²) in [6.07, 6.45) is 6.68. The summed E-state index contributed by atoms with van der Waals surface area (Å²) in [5, 5.41) is 0. The Balaban J connectivity index is 1.83. The molecule has 0 aromatic heterocycles. The van der Waals surface area contributed by atoms with E-state index in [1.54, 1.807) is 7.11 Å². The second-order valence-electron chi connectivity index (χ2n) is 7.55. The number of rotatable bonds is 10. The van der Waals surface area contributed by atoms with E-state index >= 15 is 0 Å². The summed E-state index contributed by atoms with van der Waals surface area (Å²) in [6.45, 7) is 5.00. The molecule has 0 unspecified atom stereocenters. The van der Waals surface area contributed by atoms with Gasteiger partial charge in [0, 0.05) is 25.2 Å². The third-order valence-corrected chi connectivity index (χ3v) is 5.58. The van der Waals surface area contributed by atoms with Crippen molar-refractivity contribution in [3.63, 3.8) is 0 Å². The highest BCUT2D eigenvalue weighted by molar-refractivity contribution is 6.36. The molecule has 29 heavy (non-hydrogen) atoms. The number of methoxy groups -OCH3 is 1. The Morgan fingerprint density at radius 3 is 2.38 bits per heavy atom. The molecule has 2 amide bonds. The number of carbonyl (C=O) groups excluding carboxylic acids is 2. The van der Waals surface area contributed by atoms with Crippen LogP contribution in [0.1, 0.15) is 51.0 Å². The van der Waals surface area contributed by atoms with Crippen molar-refractivity contribution < 1.29 is 19.1 Å². The van der Waals surface area contributed by atoms with Crippen LogP contribution >= 0.6 is 0 Å². The van der Waals surface area contributed by atoms with Gasteiger partial charge in [-0.25, -0.2) is 0 Å². The highest BCUT2D eigenvalue weighted by Gasteiger charge is 2.42. The zero-order chi connectivity index (χ0) is 20.6. The molecule has 6 heteroatoms.